The zero-order valence-corrected chi connectivity index (χ0v) is 20.1. The van der Waals surface area contributed by atoms with Gasteiger partial charge in [-0.3, -0.25) is 34.9 Å². The van der Waals surface area contributed by atoms with Gasteiger partial charge < -0.3 is 4.74 Å². The van der Waals surface area contributed by atoms with E-state index in [0.717, 1.165) is 23.7 Å². The van der Waals surface area contributed by atoms with Gasteiger partial charge in [0.2, 0.25) is 11.8 Å². The topological polar surface area (TPSA) is 122 Å². The number of hydrazine groups is 1. The number of carbonyl (C=O) groups is 5. The highest BCUT2D eigenvalue weighted by atomic mass is 79.9. The number of nitrogens with zero attached hydrogens (tertiary/aromatic N) is 1. The molecule has 2 aromatic carbocycles. The third-order valence-corrected chi connectivity index (χ3v) is 7.55. The largest absolute Gasteiger partial charge is 0.452 e. The predicted octanol–water partition coefficient (Wildman–Crippen LogP) is 2.60. The number of esters is 1. The minimum absolute atomic E-state index is 0.106. The van der Waals surface area contributed by atoms with Crippen LogP contribution < -0.4 is 15.8 Å². The van der Waals surface area contributed by atoms with E-state index in [9.17, 15) is 24.0 Å². The number of rotatable bonds is 5. The van der Waals surface area contributed by atoms with Gasteiger partial charge in [-0.1, -0.05) is 22.0 Å². The lowest BCUT2D eigenvalue weighted by Gasteiger charge is -2.19. The van der Waals surface area contributed by atoms with Gasteiger partial charge in [-0.25, -0.2) is 4.79 Å². The predicted molar refractivity (Wildman–Crippen MR) is 127 cm³/mol. The standard InChI is InChI=1S/C25H22BrN3O6/c26-17-8-6-13(7-9-17)22(31)28-27-19(30)12-35-25(34)16-2-1-3-18(11-16)29-23(32)20-14-4-5-15(10-14)21(20)24(29)33/h1-3,6-9,11,14-15,20-21H,4-5,10,12H2,(H,27,30)(H,28,31)/t14-,15-,20-,21-/m0/s1. The normalized spacial score (nSPS) is 24.3. The lowest BCUT2D eigenvalue weighted by molar-refractivity contribution is -0.125. The minimum atomic E-state index is -0.791. The Labute approximate surface area is 209 Å². The van der Waals surface area contributed by atoms with Crippen molar-refractivity contribution in [3.05, 3.63) is 64.1 Å². The third-order valence-electron chi connectivity index (χ3n) is 7.02. The number of halogens is 1. The number of ether oxygens (including phenoxy) is 1. The second-order valence-electron chi connectivity index (χ2n) is 9.03. The van der Waals surface area contributed by atoms with Crippen LogP contribution in [0, 0.1) is 23.7 Å². The van der Waals surface area contributed by atoms with E-state index in [4.69, 9.17) is 4.74 Å². The Kier molecular flexibility index (Phi) is 6.14. The summed E-state index contributed by atoms with van der Waals surface area (Å²) in [6.45, 7) is -0.626. The van der Waals surface area contributed by atoms with E-state index >= 15 is 0 Å². The van der Waals surface area contributed by atoms with E-state index in [-0.39, 0.29) is 41.0 Å². The van der Waals surface area contributed by atoms with Gasteiger partial charge in [0.05, 0.1) is 23.1 Å². The Hall–Kier alpha value is -3.53. The van der Waals surface area contributed by atoms with E-state index in [1.165, 1.54) is 17.0 Å². The van der Waals surface area contributed by atoms with Crippen LogP contribution in [0.4, 0.5) is 5.69 Å². The van der Waals surface area contributed by atoms with Crippen LogP contribution >= 0.6 is 15.9 Å². The summed E-state index contributed by atoms with van der Waals surface area (Å²) in [5, 5.41) is 0. The molecule has 2 aliphatic carbocycles. The Bertz CT molecular complexity index is 1200. The Morgan fingerprint density at radius 1 is 0.914 bits per heavy atom. The fourth-order valence-corrected chi connectivity index (χ4v) is 5.75. The van der Waals surface area contributed by atoms with Crippen molar-refractivity contribution in [1.82, 2.24) is 10.9 Å². The summed E-state index contributed by atoms with van der Waals surface area (Å²) in [6, 6.07) is 12.6. The molecule has 4 atom stereocenters. The first-order valence-corrected chi connectivity index (χ1v) is 12.1. The maximum absolute atomic E-state index is 13.0. The van der Waals surface area contributed by atoms with Gasteiger partial charge in [-0.05, 0) is 73.6 Å². The third kappa shape index (κ3) is 4.34. The highest BCUT2D eigenvalue weighted by Crippen LogP contribution is 2.56. The van der Waals surface area contributed by atoms with E-state index in [0.29, 0.717) is 11.3 Å². The number of anilines is 1. The number of imide groups is 1. The molecule has 3 fully saturated rings. The Morgan fingerprint density at radius 2 is 1.57 bits per heavy atom. The van der Waals surface area contributed by atoms with Crippen molar-refractivity contribution in [2.75, 3.05) is 11.5 Å². The molecule has 1 aliphatic heterocycles. The van der Waals surface area contributed by atoms with Crippen LogP contribution in [0.2, 0.25) is 0 Å². The SMILES string of the molecule is O=C(COC(=O)c1cccc(N2C(=O)[C@H]3[C@H]4CC[C@@H](C4)[C@@H]3C2=O)c1)NNC(=O)c1ccc(Br)cc1. The minimum Gasteiger partial charge on any atom is -0.452 e. The molecule has 10 heteroatoms. The fourth-order valence-electron chi connectivity index (χ4n) is 5.49. The maximum Gasteiger partial charge on any atom is 0.338 e. The molecule has 2 N–H and O–H groups in total. The quantitative estimate of drug-likeness (QED) is 0.342. The number of amides is 4. The van der Waals surface area contributed by atoms with Crippen molar-refractivity contribution in [2.24, 2.45) is 23.7 Å². The van der Waals surface area contributed by atoms with Crippen molar-refractivity contribution >= 4 is 51.2 Å². The lowest BCUT2D eigenvalue weighted by atomic mass is 9.81. The van der Waals surface area contributed by atoms with E-state index in [1.807, 2.05) is 0 Å². The molecular formula is C25H22BrN3O6. The molecule has 0 radical (unpaired) electrons. The molecular weight excluding hydrogens is 518 g/mol. The van der Waals surface area contributed by atoms with Gasteiger partial charge in [0, 0.05) is 10.0 Å². The molecule has 1 heterocycles. The molecule has 9 nitrogen and oxygen atoms in total. The summed E-state index contributed by atoms with van der Waals surface area (Å²) < 4.78 is 5.84. The Morgan fingerprint density at radius 3 is 2.23 bits per heavy atom. The monoisotopic (exact) mass is 539 g/mol. The molecule has 0 aromatic heterocycles. The number of hydrogen-bond acceptors (Lipinski definition) is 6. The smallest absolute Gasteiger partial charge is 0.338 e. The lowest BCUT2D eigenvalue weighted by Crippen LogP contribution is -2.43. The average Bonchev–Trinajstić information content (AvgIpc) is 3.55. The van der Waals surface area contributed by atoms with Crippen molar-refractivity contribution in [3.8, 4) is 0 Å². The van der Waals surface area contributed by atoms with Crippen LogP contribution in [-0.2, 0) is 19.1 Å². The molecule has 35 heavy (non-hydrogen) atoms. The van der Waals surface area contributed by atoms with Crippen molar-refractivity contribution in [1.29, 1.82) is 0 Å². The van der Waals surface area contributed by atoms with Crippen LogP contribution in [0.1, 0.15) is 40.0 Å². The van der Waals surface area contributed by atoms with Gasteiger partial charge in [-0.15, -0.1) is 0 Å². The molecule has 0 unspecified atom stereocenters. The van der Waals surface area contributed by atoms with Crippen molar-refractivity contribution in [3.63, 3.8) is 0 Å². The zero-order valence-electron chi connectivity index (χ0n) is 18.5. The van der Waals surface area contributed by atoms with Gasteiger partial charge >= 0.3 is 5.97 Å². The van der Waals surface area contributed by atoms with Crippen LogP contribution in [0.5, 0.6) is 0 Å². The van der Waals surface area contributed by atoms with Crippen LogP contribution in [0.3, 0.4) is 0 Å². The zero-order chi connectivity index (χ0) is 24.7. The number of fused-ring (bicyclic) bond motifs is 5. The first kappa shape index (κ1) is 23.2. The van der Waals surface area contributed by atoms with Crippen LogP contribution in [0.15, 0.2) is 53.0 Å². The molecule has 4 amide bonds. The van der Waals surface area contributed by atoms with E-state index in [1.54, 1.807) is 36.4 Å². The van der Waals surface area contributed by atoms with E-state index in [2.05, 4.69) is 26.8 Å². The summed E-state index contributed by atoms with van der Waals surface area (Å²) in [5.41, 5.74) is 5.20. The summed E-state index contributed by atoms with van der Waals surface area (Å²) in [7, 11) is 0. The molecule has 180 valence electrons. The molecule has 1 saturated heterocycles. The number of benzene rings is 2. The van der Waals surface area contributed by atoms with Crippen molar-refractivity contribution in [2.45, 2.75) is 19.3 Å². The molecule has 5 rings (SSSR count). The number of carbonyl (C=O) groups excluding carboxylic acids is 5. The molecule has 0 spiro atoms. The molecule has 3 aliphatic rings. The summed E-state index contributed by atoms with van der Waals surface area (Å²) >= 11 is 3.27. The molecule has 2 saturated carbocycles. The van der Waals surface area contributed by atoms with Gasteiger partial charge in [0.25, 0.3) is 11.8 Å². The van der Waals surface area contributed by atoms with Crippen molar-refractivity contribution < 1.29 is 28.7 Å². The fraction of sp³-hybridized carbons (Fsp3) is 0.320. The first-order chi connectivity index (χ1) is 16.8. The highest BCUT2D eigenvalue weighted by molar-refractivity contribution is 9.10. The molecule has 2 aromatic rings. The summed E-state index contributed by atoms with van der Waals surface area (Å²) in [6.07, 6.45) is 2.91. The number of hydrogen-bond donors (Lipinski definition) is 2. The van der Waals surface area contributed by atoms with Crippen LogP contribution in [-0.4, -0.2) is 36.2 Å². The highest BCUT2D eigenvalue weighted by Gasteiger charge is 2.61. The summed E-state index contributed by atoms with van der Waals surface area (Å²) in [4.78, 5) is 63.8. The van der Waals surface area contributed by atoms with Gasteiger partial charge in [-0.2, -0.15) is 0 Å². The van der Waals surface area contributed by atoms with Gasteiger partial charge in [0.1, 0.15) is 0 Å². The summed E-state index contributed by atoms with van der Waals surface area (Å²) in [5.74, 6) is -2.42. The molecule has 2 bridgehead atoms. The first-order valence-electron chi connectivity index (χ1n) is 11.3. The number of nitrogens with one attached hydrogen (secondary N) is 2. The van der Waals surface area contributed by atoms with Crippen LogP contribution in [0.25, 0.3) is 0 Å². The Balaban J connectivity index is 1.17. The van der Waals surface area contributed by atoms with Gasteiger partial charge in [0.15, 0.2) is 6.61 Å². The average molecular weight is 540 g/mol. The second kappa shape index (κ2) is 9.26. The maximum atomic E-state index is 13.0. The van der Waals surface area contributed by atoms with E-state index < -0.39 is 24.4 Å². The second-order valence-corrected chi connectivity index (χ2v) is 9.95.